The van der Waals surface area contributed by atoms with Crippen LogP contribution in [0.15, 0.2) is 67.0 Å². The fourth-order valence-electron chi connectivity index (χ4n) is 3.41. The molecule has 1 N–H and O–H groups in total. The zero-order valence-corrected chi connectivity index (χ0v) is 15.4. The number of nitrogens with one attached hydrogen (secondary N) is 1. The molecule has 0 saturated heterocycles. The molecule has 5 nitrogen and oxygen atoms in total. The zero-order chi connectivity index (χ0) is 20.0. The number of rotatable bonds is 3. The zero-order valence-electron chi connectivity index (χ0n) is 15.4. The molecule has 0 unspecified atom stereocenters. The highest BCUT2D eigenvalue weighted by atomic mass is 19.1. The van der Waals surface area contributed by atoms with Crippen LogP contribution in [0, 0.1) is 11.6 Å². The Morgan fingerprint density at radius 3 is 2.52 bits per heavy atom. The minimum Gasteiger partial charge on any atom is -0.354 e. The maximum absolute atomic E-state index is 14.1. The molecule has 3 heterocycles. The summed E-state index contributed by atoms with van der Waals surface area (Å²) in [6, 6.07) is 15.0. The van der Waals surface area contributed by atoms with Gasteiger partial charge in [-0.1, -0.05) is 6.07 Å². The van der Waals surface area contributed by atoms with E-state index in [1.165, 1.54) is 18.2 Å². The van der Waals surface area contributed by atoms with Gasteiger partial charge in [-0.15, -0.1) is 0 Å². The minimum atomic E-state index is -0.605. The van der Waals surface area contributed by atoms with Crippen LogP contribution in [0.25, 0.3) is 44.9 Å². The van der Waals surface area contributed by atoms with E-state index in [9.17, 15) is 8.78 Å². The van der Waals surface area contributed by atoms with Crippen molar-refractivity contribution in [3.05, 3.63) is 78.6 Å². The van der Waals surface area contributed by atoms with E-state index in [2.05, 4.69) is 20.1 Å². The Kier molecular flexibility index (Phi) is 3.94. The number of pyridine rings is 1. The standard InChI is InChI=1S/C22H15F2N5/c1-29-22(27-21(28-29)14-4-3-9-25-12-14)13-7-8-18-15(10-13)11-19(26-18)20-16(23)5-2-6-17(20)24/h2-12,26H,1H3. The van der Waals surface area contributed by atoms with Gasteiger partial charge >= 0.3 is 0 Å². The van der Waals surface area contributed by atoms with Crippen LogP contribution >= 0.6 is 0 Å². The van der Waals surface area contributed by atoms with Crippen LogP contribution in [0.4, 0.5) is 8.78 Å². The second-order valence-electron chi connectivity index (χ2n) is 6.71. The van der Waals surface area contributed by atoms with Crippen LogP contribution in [0.3, 0.4) is 0 Å². The van der Waals surface area contributed by atoms with E-state index in [0.29, 0.717) is 17.3 Å². The molecule has 0 fully saturated rings. The average Bonchev–Trinajstić information content (AvgIpc) is 3.31. The Balaban J connectivity index is 1.59. The fourth-order valence-corrected chi connectivity index (χ4v) is 3.41. The lowest BCUT2D eigenvalue weighted by atomic mass is 10.1. The Morgan fingerprint density at radius 2 is 1.76 bits per heavy atom. The van der Waals surface area contributed by atoms with Crippen molar-refractivity contribution in [2.45, 2.75) is 0 Å². The number of hydrogen-bond acceptors (Lipinski definition) is 3. The molecule has 0 atom stereocenters. The van der Waals surface area contributed by atoms with Gasteiger partial charge in [0.05, 0.1) is 11.3 Å². The first kappa shape index (κ1) is 17.2. The predicted octanol–water partition coefficient (Wildman–Crippen LogP) is 4.97. The van der Waals surface area contributed by atoms with E-state index in [-0.39, 0.29) is 5.56 Å². The largest absolute Gasteiger partial charge is 0.354 e. The molecule has 0 amide bonds. The molecule has 0 spiro atoms. The molecule has 29 heavy (non-hydrogen) atoms. The summed E-state index contributed by atoms with van der Waals surface area (Å²) < 4.78 is 30.0. The molecule has 0 saturated carbocycles. The molecule has 3 aromatic heterocycles. The summed E-state index contributed by atoms with van der Waals surface area (Å²) >= 11 is 0. The van der Waals surface area contributed by atoms with E-state index in [4.69, 9.17) is 0 Å². The van der Waals surface area contributed by atoms with Gasteiger partial charge in [-0.3, -0.25) is 4.98 Å². The smallest absolute Gasteiger partial charge is 0.183 e. The summed E-state index contributed by atoms with van der Waals surface area (Å²) in [7, 11) is 1.82. The highest BCUT2D eigenvalue weighted by Gasteiger charge is 2.15. The van der Waals surface area contributed by atoms with Crippen molar-refractivity contribution >= 4 is 10.9 Å². The lowest BCUT2D eigenvalue weighted by Crippen LogP contribution is -1.94. The van der Waals surface area contributed by atoms with Crippen LogP contribution < -0.4 is 0 Å². The number of H-pyrrole nitrogens is 1. The van der Waals surface area contributed by atoms with E-state index >= 15 is 0 Å². The van der Waals surface area contributed by atoms with Crippen LogP contribution in [-0.4, -0.2) is 24.7 Å². The van der Waals surface area contributed by atoms with Crippen LogP contribution in [0.1, 0.15) is 0 Å². The lowest BCUT2D eigenvalue weighted by Gasteiger charge is -2.01. The number of nitrogens with zero attached hydrogens (tertiary/aromatic N) is 4. The Hall–Kier alpha value is -3.87. The molecule has 142 valence electrons. The third-order valence-electron chi connectivity index (χ3n) is 4.79. The Labute approximate surface area is 164 Å². The maximum Gasteiger partial charge on any atom is 0.183 e. The topological polar surface area (TPSA) is 59.4 Å². The second-order valence-corrected chi connectivity index (χ2v) is 6.71. The minimum absolute atomic E-state index is 0.0669. The summed E-state index contributed by atoms with van der Waals surface area (Å²) in [5, 5.41) is 5.30. The van der Waals surface area contributed by atoms with Gasteiger partial charge in [-0.05, 0) is 48.5 Å². The van der Waals surface area contributed by atoms with Crippen molar-refractivity contribution in [3.63, 3.8) is 0 Å². The normalized spacial score (nSPS) is 11.3. The van der Waals surface area contributed by atoms with Gasteiger partial charge in [-0.25, -0.2) is 18.4 Å². The molecule has 2 aromatic carbocycles. The summed E-state index contributed by atoms with van der Waals surface area (Å²) in [6.45, 7) is 0. The second kappa shape index (κ2) is 6.63. The van der Waals surface area contributed by atoms with Crippen LogP contribution in [0.2, 0.25) is 0 Å². The highest BCUT2D eigenvalue weighted by Crippen LogP contribution is 2.31. The molecule has 0 radical (unpaired) electrons. The lowest BCUT2D eigenvalue weighted by molar-refractivity contribution is 0.589. The quantitative estimate of drug-likeness (QED) is 0.475. The van der Waals surface area contributed by atoms with E-state index < -0.39 is 11.6 Å². The van der Waals surface area contributed by atoms with Gasteiger partial charge in [-0.2, -0.15) is 5.10 Å². The molecule has 5 aromatic rings. The molecular weight excluding hydrogens is 372 g/mol. The van der Waals surface area contributed by atoms with Crippen molar-refractivity contribution in [2.24, 2.45) is 7.05 Å². The van der Waals surface area contributed by atoms with Crippen molar-refractivity contribution < 1.29 is 8.78 Å². The van der Waals surface area contributed by atoms with Gasteiger partial charge in [0.1, 0.15) is 11.6 Å². The molecule has 7 heteroatoms. The Bertz CT molecular complexity index is 1320. The summed E-state index contributed by atoms with van der Waals surface area (Å²) in [5.74, 6) is 0.0573. The molecule has 0 aliphatic carbocycles. The van der Waals surface area contributed by atoms with Gasteiger partial charge < -0.3 is 4.98 Å². The molecule has 0 bridgehead atoms. The fraction of sp³-hybridized carbons (Fsp3) is 0.0455. The summed E-state index contributed by atoms with van der Waals surface area (Å²) in [6.07, 6.45) is 3.41. The first-order valence-electron chi connectivity index (χ1n) is 8.99. The van der Waals surface area contributed by atoms with Gasteiger partial charge in [0, 0.05) is 41.5 Å². The highest BCUT2D eigenvalue weighted by molar-refractivity contribution is 5.89. The van der Waals surface area contributed by atoms with Crippen molar-refractivity contribution in [3.8, 4) is 34.0 Å². The number of benzene rings is 2. The van der Waals surface area contributed by atoms with E-state index in [1.54, 1.807) is 23.1 Å². The van der Waals surface area contributed by atoms with Crippen molar-refractivity contribution in [1.29, 1.82) is 0 Å². The number of aromatic amines is 1. The number of fused-ring (bicyclic) bond motifs is 1. The number of hydrogen-bond donors (Lipinski definition) is 1. The third kappa shape index (κ3) is 2.97. The first-order chi connectivity index (χ1) is 14.1. The molecule has 0 aliphatic heterocycles. The number of halogens is 2. The average molecular weight is 387 g/mol. The van der Waals surface area contributed by atoms with Crippen LogP contribution in [-0.2, 0) is 7.05 Å². The first-order valence-corrected chi connectivity index (χ1v) is 8.99. The SMILES string of the molecule is Cn1nc(-c2cccnc2)nc1-c1ccc2[nH]c(-c3c(F)cccc3F)cc2c1. The van der Waals surface area contributed by atoms with Gasteiger partial charge in [0.15, 0.2) is 11.6 Å². The van der Waals surface area contributed by atoms with Gasteiger partial charge in [0.2, 0.25) is 0 Å². The molecule has 5 rings (SSSR count). The monoisotopic (exact) mass is 387 g/mol. The maximum atomic E-state index is 14.1. The van der Waals surface area contributed by atoms with Crippen molar-refractivity contribution in [2.75, 3.05) is 0 Å². The molecule has 0 aliphatic rings. The predicted molar refractivity (Wildman–Crippen MR) is 107 cm³/mol. The summed E-state index contributed by atoms with van der Waals surface area (Å²) in [5.41, 5.74) is 2.78. The third-order valence-corrected chi connectivity index (χ3v) is 4.79. The molecular formula is C22H15F2N5. The number of aryl methyl sites for hydroxylation is 1. The Morgan fingerprint density at radius 1 is 0.931 bits per heavy atom. The van der Waals surface area contributed by atoms with E-state index in [1.807, 2.05) is 37.4 Å². The van der Waals surface area contributed by atoms with Gasteiger partial charge in [0.25, 0.3) is 0 Å². The van der Waals surface area contributed by atoms with Crippen molar-refractivity contribution in [1.82, 2.24) is 24.7 Å². The summed E-state index contributed by atoms with van der Waals surface area (Å²) in [4.78, 5) is 11.8. The number of aromatic nitrogens is 5. The van der Waals surface area contributed by atoms with E-state index in [0.717, 1.165) is 22.0 Å². The van der Waals surface area contributed by atoms with Crippen LogP contribution in [0.5, 0.6) is 0 Å².